The molecular formula is C14H25NO2. The summed E-state index contributed by atoms with van der Waals surface area (Å²) in [7, 11) is 0. The maximum atomic E-state index is 12.3. The first-order chi connectivity index (χ1) is 8.18. The lowest BCUT2D eigenvalue weighted by molar-refractivity contribution is -0.141. The summed E-state index contributed by atoms with van der Waals surface area (Å²) in [6.45, 7) is 7.62. The van der Waals surface area contributed by atoms with Gasteiger partial charge in [-0.05, 0) is 37.5 Å². The van der Waals surface area contributed by atoms with Crippen molar-refractivity contribution in [2.24, 2.45) is 17.8 Å². The molecule has 1 aliphatic heterocycles. The molecule has 0 aromatic carbocycles. The zero-order valence-electron chi connectivity index (χ0n) is 11.2. The Labute approximate surface area is 105 Å². The van der Waals surface area contributed by atoms with Crippen molar-refractivity contribution in [2.75, 3.05) is 26.3 Å². The molecule has 0 radical (unpaired) electrons. The van der Waals surface area contributed by atoms with E-state index in [4.69, 9.17) is 4.74 Å². The van der Waals surface area contributed by atoms with E-state index in [1.165, 1.54) is 12.8 Å². The van der Waals surface area contributed by atoms with Crippen LogP contribution in [0.5, 0.6) is 0 Å². The molecule has 2 aliphatic rings. The number of nitrogens with zero attached hydrogens (tertiary/aromatic N) is 1. The highest BCUT2D eigenvalue weighted by atomic mass is 16.5. The molecule has 1 heterocycles. The van der Waals surface area contributed by atoms with E-state index in [-0.39, 0.29) is 0 Å². The number of rotatable bonds is 2. The van der Waals surface area contributed by atoms with Crippen molar-refractivity contribution in [3.8, 4) is 0 Å². The molecule has 98 valence electrons. The Morgan fingerprint density at radius 1 is 1.12 bits per heavy atom. The highest BCUT2D eigenvalue weighted by Crippen LogP contribution is 2.34. The number of ether oxygens (including phenoxy) is 1. The van der Waals surface area contributed by atoms with Crippen LogP contribution in [0.2, 0.25) is 0 Å². The predicted molar refractivity (Wildman–Crippen MR) is 67.7 cm³/mol. The molecular weight excluding hydrogens is 214 g/mol. The second-order valence-electron chi connectivity index (χ2n) is 5.79. The quantitative estimate of drug-likeness (QED) is 0.740. The van der Waals surface area contributed by atoms with E-state index in [2.05, 4.69) is 13.8 Å². The lowest BCUT2D eigenvalue weighted by Gasteiger charge is -2.35. The summed E-state index contributed by atoms with van der Waals surface area (Å²) in [4.78, 5) is 14.3. The highest BCUT2D eigenvalue weighted by molar-refractivity contribution is 5.79. The highest BCUT2D eigenvalue weighted by Gasteiger charge is 2.30. The summed E-state index contributed by atoms with van der Waals surface area (Å²) in [6, 6.07) is 0. The summed E-state index contributed by atoms with van der Waals surface area (Å²) in [5.74, 6) is 2.29. The van der Waals surface area contributed by atoms with Crippen molar-refractivity contribution in [3.63, 3.8) is 0 Å². The van der Waals surface area contributed by atoms with Crippen LogP contribution in [0.1, 0.15) is 39.5 Å². The van der Waals surface area contributed by atoms with Crippen LogP contribution in [0.15, 0.2) is 0 Å². The summed E-state index contributed by atoms with van der Waals surface area (Å²) in [5.41, 5.74) is 0. The van der Waals surface area contributed by atoms with Crippen LogP contribution < -0.4 is 0 Å². The van der Waals surface area contributed by atoms with E-state index in [9.17, 15) is 4.79 Å². The van der Waals surface area contributed by atoms with Crippen molar-refractivity contribution in [2.45, 2.75) is 39.5 Å². The number of morpholine rings is 1. The normalized spacial score (nSPS) is 30.6. The summed E-state index contributed by atoms with van der Waals surface area (Å²) in [6.07, 6.45) is 4.66. The van der Waals surface area contributed by atoms with E-state index in [0.717, 1.165) is 37.8 Å². The van der Waals surface area contributed by atoms with Crippen LogP contribution in [0, 0.1) is 17.8 Å². The molecule has 3 nitrogen and oxygen atoms in total. The van der Waals surface area contributed by atoms with Crippen molar-refractivity contribution < 1.29 is 9.53 Å². The van der Waals surface area contributed by atoms with Crippen LogP contribution in [-0.4, -0.2) is 37.1 Å². The van der Waals surface area contributed by atoms with E-state index in [1.807, 2.05) is 4.90 Å². The minimum Gasteiger partial charge on any atom is -0.378 e. The number of carbonyl (C=O) groups is 1. The van der Waals surface area contributed by atoms with Crippen molar-refractivity contribution >= 4 is 5.91 Å². The average molecular weight is 239 g/mol. The fourth-order valence-corrected chi connectivity index (χ4v) is 3.07. The van der Waals surface area contributed by atoms with Gasteiger partial charge in [-0.2, -0.15) is 0 Å². The SMILES string of the molecule is CC(C)[C@H]1CC[C@@H](C(=O)N2CCOCC2)CC1. The molecule has 0 aromatic rings. The Hall–Kier alpha value is -0.570. The third kappa shape index (κ3) is 3.21. The molecule has 0 aromatic heterocycles. The van der Waals surface area contributed by atoms with E-state index in [1.54, 1.807) is 0 Å². The van der Waals surface area contributed by atoms with Gasteiger partial charge >= 0.3 is 0 Å². The van der Waals surface area contributed by atoms with Crippen LogP contribution in [0.25, 0.3) is 0 Å². The van der Waals surface area contributed by atoms with Crippen molar-refractivity contribution in [3.05, 3.63) is 0 Å². The number of amides is 1. The Balaban J connectivity index is 1.81. The van der Waals surface area contributed by atoms with E-state index < -0.39 is 0 Å². The van der Waals surface area contributed by atoms with Gasteiger partial charge in [-0.15, -0.1) is 0 Å². The molecule has 0 N–H and O–H groups in total. The number of carbonyl (C=O) groups excluding carboxylic acids is 1. The van der Waals surface area contributed by atoms with E-state index >= 15 is 0 Å². The molecule has 0 atom stereocenters. The van der Waals surface area contributed by atoms with Crippen LogP contribution in [0.4, 0.5) is 0 Å². The Morgan fingerprint density at radius 3 is 2.24 bits per heavy atom. The third-order valence-electron chi connectivity index (χ3n) is 4.39. The Bertz CT molecular complexity index is 251. The molecule has 17 heavy (non-hydrogen) atoms. The van der Waals surface area contributed by atoms with Crippen LogP contribution >= 0.6 is 0 Å². The van der Waals surface area contributed by atoms with Gasteiger partial charge in [0, 0.05) is 19.0 Å². The second kappa shape index (κ2) is 5.85. The first kappa shape index (κ1) is 12.9. The van der Waals surface area contributed by atoms with Gasteiger partial charge in [0.25, 0.3) is 0 Å². The monoisotopic (exact) mass is 239 g/mol. The van der Waals surface area contributed by atoms with Crippen LogP contribution in [-0.2, 0) is 9.53 Å². The molecule has 2 fully saturated rings. The lowest BCUT2D eigenvalue weighted by atomic mass is 9.76. The lowest BCUT2D eigenvalue weighted by Crippen LogP contribution is -2.44. The van der Waals surface area contributed by atoms with Gasteiger partial charge < -0.3 is 9.64 Å². The number of hydrogen-bond acceptors (Lipinski definition) is 2. The van der Waals surface area contributed by atoms with Gasteiger partial charge in [0.05, 0.1) is 13.2 Å². The fraction of sp³-hybridized carbons (Fsp3) is 0.929. The van der Waals surface area contributed by atoms with E-state index in [0.29, 0.717) is 25.0 Å². The number of hydrogen-bond donors (Lipinski definition) is 0. The maximum absolute atomic E-state index is 12.3. The third-order valence-corrected chi connectivity index (χ3v) is 4.39. The molecule has 1 saturated carbocycles. The molecule has 0 unspecified atom stereocenters. The minimum atomic E-state index is 0.295. The molecule has 0 spiro atoms. The van der Waals surface area contributed by atoms with Crippen molar-refractivity contribution in [1.29, 1.82) is 0 Å². The summed E-state index contributed by atoms with van der Waals surface area (Å²) < 4.78 is 5.29. The smallest absolute Gasteiger partial charge is 0.225 e. The van der Waals surface area contributed by atoms with Gasteiger partial charge in [-0.25, -0.2) is 0 Å². The van der Waals surface area contributed by atoms with Gasteiger partial charge in [0.15, 0.2) is 0 Å². The second-order valence-corrected chi connectivity index (χ2v) is 5.79. The minimum absolute atomic E-state index is 0.295. The van der Waals surface area contributed by atoms with Gasteiger partial charge in [-0.1, -0.05) is 13.8 Å². The average Bonchev–Trinajstić information content (AvgIpc) is 2.39. The van der Waals surface area contributed by atoms with Crippen molar-refractivity contribution in [1.82, 2.24) is 4.90 Å². The summed E-state index contributed by atoms with van der Waals surface area (Å²) >= 11 is 0. The largest absolute Gasteiger partial charge is 0.378 e. The van der Waals surface area contributed by atoms with Gasteiger partial charge in [0.1, 0.15) is 0 Å². The molecule has 2 rings (SSSR count). The molecule has 3 heteroatoms. The molecule has 1 amide bonds. The van der Waals surface area contributed by atoms with Gasteiger partial charge in [0.2, 0.25) is 5.91 Å². The topological polar surface area (TPSA) is 29.5 Å². The standard InChI is InChI=1S/C14H25NO2/c1-11(2)12-3-5-13(6-4-12)14(16)15-7-9-17-10-8-15/h11-13H,3-10H2,1-2H3/t12-,13+. The first-order valence-electron chi connectivity index (χ1n) is 7.05. The predicted octanol–water partition coefficient (Wildman–Crippen LogP) is 2.31. The molecule has 1 saturated heterocycles. The Kier molecular flexibility index (Phi) is 4.43. The first-order valence-corrected chi connectivity index (χ1v) is 7.05. The van der Waals surface area contributed by atoms with Crippen LogP contribution in [0.3, 0.4) is 0 Å². The fourth-order valence-electron chi connectivity index (χ4n) is 3.07. The Morgan fingerprint density at radius 2 is 1.71 bits per heavy atom. The molecule has 1 aliphatic carbocycles. The van der Waals surface area contributed by atoms with Gasteiger partial charge in [-0.3, -0.25) is 4.79 Å². The zero-order chi connectivity index (χ0) is 12.3. The maximum Gasteiger partial charge on any atom is 0.225 e. The summed E-state index contributed by atoms with van der Waals surface area (Å²) in [5, 5.41) is 0. The molecule has 0 bridgehead atoms. The zero-order valence-corrected chi connectivity index (χ0v) is 11.2.